The molecule has 2 N–H and O–H groups in total. The third-order valence-corrected chi connectivity index (χ3v) is 7.77. The fourth-order valence-corrected chi connectivity index (χ4v) is 5.49. The molecular formula is C23H25F3N4O3S. The molecule has 0 amide bonds. The van der Waals surface area contributed by atoms with Crippen molar-refractivity contribution in [1.29, 1.82) is 0 Å². The zero-order chi connectivity index (χ0) is 24.3. The Morgan fingerprint density at radius 3 is 2.35 bits per heavy atom. The molecule has 1 aliphatic rings. The van der Waals surface area contributed by atoms with Crippen LogP contribution in [0.1, 0.15) is 18.4 Å². The zero-order valence-electron chi connectivity index (χ0n) is 18.2. The maximum Gasteiger partial charge on any atom is 0.417 e. The second-order valence-corrected chi connectivity index (χ2v) is 10.0. The van der Waals surface area contributed by atoms with E-state index in [-0.39, 0.29) is 17.5 Å². The number of alkyl halides is 3. The summed E-state index contributed by atoms with van der Waals surface area (Å²) in [6, 6.07) is 12.6. The zero-order valence-corrected chi connectivity index (χ0v) is 19.1. The number of rotatable bonds is 7. The van der Waals surface area contributed by atoms with Crippen molar-refractivity contribution < 1.29 is 26.7 Å². The summed E-state index contributed by atoms with van der Waals surface area (Å²) in [7, 11) is -3.67. The molecule has 1 aliphatic heterocycles. The summed E-state index contributed by atoms with van der Waals surface area (Å²) in [5.41, 5.74) is 0.928. The van der Waals surface area contributed by atoms with Gasteiger partial charge in [0.15, 0.2) is 0 Å². The summed E-state index contributed by atoms with van der Waals surface area (Å²) in [4.78, 5) is 4.02. The van der Waals surface area contributed by atoms with Gasteiger partial charge in [0.1, 0.15) is 5.82 Å². The van der Waals surface area contributed by atoms with Crippen LogP contribution in [0.15, 0.2) is 65.8 Å². The Bertz CT molecular complexity index is 1200. The molecule has 0 spiro atoms. The third-order valence-electron chi connectivity index (χ3n) is 5.86. The van der Waals surface area contributed by atoms with Crippen LogP contribution < -0.4 is 5.32 Å². The molecule has 0 aliphatic carbocycles. The minimum atomic E-state index is -4.44. The lowest BCUT2D eigenvalue weighted by molar-refractivity contribution is -0.137. The van der Waals surface area contributed by atoms with E-state index < -0.39 is 21.8 Å². The van der Waals surface area contributed by atoms with E-state index in [1.54, 1.807) is 24.3 Å². The van der Waals surface area contributed by atoms with Gasteiger partial charge in [0.05, 0.1) is 17.1 Å². The average Bonchev–Trinajstić information content (AvgIpc) is 3.28. The van der Waals surface area contributed by atoms with Gasteiger partial charge >= 0.3 is 6.18 Å². The van der Waals surface area contributed by atoms with Gasteiger partial charge in [-0.2, -0.15) is 17.5 Å². The summed E-state index contributed by atoms with van der Waals surface area (Å²) in [5, 5.41) is 12.3. The normalized spacial score (nSPS) is 16.0. The van der Waals surface area contributed by atoms with E-state index in [0.717, 1.165) is 23.5 Å². The van der Waals surface area contributed by atoms with E-state index in [4.69, 9.17) is 0 Å². The first-order valence-electron chi connectivity index (χ1n) is 10.8. The Balaban J connectivity index is 1.37. The van der Waals surface area contributed by atoms with Gasteiger partial charge in [0.25, 0.3) is 0 Å². The molecule has 3 aromatic rings. The molecule has 34 heavy (non-hydrogen) atoms. The van der Waals surface area contributed by atoms with Gasteiger partial charge in [-0.15, -0.1) is 0 Å². The van der Waals surface area contributed by atoms with Gasteiger partial charge in [-0.3, -0.25) is 0 Å². The molecule has 4 rings (SSSR count). The Morgan fingerprint density at radius 1 is 1.06 bits per heavy atom. The second kappa shape index (κ2) is 9.77. The van der Waals surface area contributed by atoms with Crippen molar-refractivity contribution in [2.45, 2.75) is 36.5 Å². The quantitative estimate of drug-likeness (QED) is 0.522. The van der Waals surface area contributed by atoms with E-state index in [2.05, 4.69) is 10.3 Å². The topological polar surface area (TPSA) is 87.5 Å². The first kappa shape index (κ1) is 24.2. The van der Waals surface area contributed by atoms with Crippen molar-refractivity contribution in [2.75, 3.05) is 25.0 Å². The third kappa shape index (κ3) is 5.26. The van der Waals surface area contributed by atoms with Crippen molar-refractivity contribution in [3.63, 3.8) is 0 Å². The number of nitrogens with zero attached hydrogens (tertiary/aromatic N) is 3. The second-order valence-electron chi connectivity index (χ2n) is 8.09. The number of halogens is 3. The van der Waals surface area contributed by atoms with E-state index in [1.807, 2.05) is 22.9 Å². The van der Waals surface area contributed by atoms with Crippen molar-refractivity contribution in [3.05, 3.63) is 66.5 Å². The van der Waals surface area contributed by atoms with Crippen LogP contribution in [0, 0.1) is 0 Å². The molecule has 0 bridgehead atoms. The van der Waals surface area contributed by atoms with Gasteiger partial charge in [-0.05, 0) is 54.8 Å². The number of aliphatic hydroxyl groups is 1. The van der Waals surface area contributed by atoms with E-state index in [0.29, 0.717) is 38.3 Å². The standard InChI is InChI=1S/C23H25F3N4O3S/c24-23(25,26)18-5-8-22(27-16-18)28-19-9-12-30(13-10-19)34(32,33)20-6-3-17(4-7-20)21-2-1-11-29(21)14-15-31/h1-8,11,16,19,31H,9-10,12-15H2,(H,27,28). The highest BCUT2D eigenvalue weighted by Gasteiger charge is 2.32. The lowest BCUT2D eigenvalue weighted by Crippen LogP contribution is -2.42. The van der Waals surface area contributed by atoms with Crippen LogP contribution in [0.3, 0.4) is 0 Å². The van der Waals surface area contributed by atoms with Gasteiger partial charge in [0.2, 0.25) is 10.0 Å². The highest BCUT2D eigenvalue weighted by molar-refractivity contribution is 7.89. The number of nitrogens with one attached hydrogen (secondary N) is 1. The van der Waals surface area contributed by atoms with Crippen LogP contribution in [0.4, 0.5) is 19.0 Å². The first-order chi connectivity index (χ1) is 16.2. The average molecular weight is 495 g/mol. The fraction of sp³-hybridized carbons (Fsp3) is 0.348. The lowest BCUT2D eigenvalue weighted by Gasteiger charge is -2.32. The smallest absolute Gasteiger partial charge is 0.395 e. The molecule has 7 nitrogen and oxygen atoms in total. The van der Waals surface area contributed by atoms with Gasteiger partial charge in [-0.25, -0.2) is 13.4 Å². The molecular weight excluding hydrogens is 469 g/mol. The number of pyridine rings is 1. The summed E-state index contributed by atoms with van der Waals surface area (Å²) < 4.78 is 67.6. The van der Waals surface area contributed by atoms with Crippen molar-refractivity contribution in [3.8, 4) is 11.3 Å². The number of piperidine rings is 1. The molecule has 1 aromatic carbocycles. The monoisotopic (exact) mass is 494 g/mol. The number of sulfonamides is 1. The van der Waals surface area contributed by atoms with Crippen molar-refractivity contribution in [2.24, 2.45) is 0 Å². The van der Waals surface area contributed by atoms with Gasteiger partial charge in [0, 0.05) is 43.8 Å². The SMILES string of the molecule is O=S(=O)(c1ccc(-c2cccn2CCO)cc1)N1CCC(Nc2ccc(C(F)(F)F)cn2)CC1. The van der Waals surface area contributed by atoms with Crippen LogP contribution in [0.2, 0.25) is 0 Å². The Labute approximate surface area is 195 Å². The molecule has 0 unspecified atom stereocenters. The maximum absolute atomic E-state index is 13.1. The summed E-state index contributed by atoms with van der Waals surface area (Å²) >= 11 is 0. The predicted molar refractivity (Wildman–Crippen MR) is 122 cm³/mol. The molecule has 1 saturated heterocycles. The molecule has 0 atom stereocenters. The Morgan fingerprint density at radius 2 is 1.76 bits per heavy atom. The number of benzene rings is 1. The molecule has 11 heteroatoms. The maximum atomic E-state index is 13.1. The molecule has 0 saturated carbocycles. The lowest BCUT2D eigenvalue weighted by atomic mass is 10.1. The van der Waals surface area contributed by atoms with Crippen LogP contribution >= 0.6 is 0 Å². The number of hydrogen-bond donors (Lipinski definition) is 2. The van der Waals surface area contributed by atoms with Gasteiger partial charge < -0.3 is 15.0 Å². The number of anilines is 1. The first-order valence-corrected chi connectivity index (χ1v) is 12.3. The van der Waals surface area contributed by atoms with E-state index in [9.17, 15) is 26.7 Å². The van der Waals surface area contributed by atoms with E-state index >= 15 is 0 Å². The Hall–Kier alpha value is -2.89. The number of aliphatic hydroxyl groups excluding tert-OH is 1. The number of aromatic nitrogens is 2. The van der Waals surface area contributed by atoms with Crippen molar-refractivity contribution in [1.82, 2.24) is 13.9 Å². The molecule has 1 fully saturated rings. The summed E-state index contributed by atoms with van der Waals surface area (Å²) in [5.74, 6) is 0.329. The molecule has 2 aromatic heterocycles. The summed E-state index contributed by atoms with van der Waals surface area (Å²) in [6.07, 6.45) is -0.780. The predicted octanol–water partition coefficient (Wildman–Crippen LogP) is 3.83. The number of hydrogen-bond acceptors (Lipinski definition) is 5. The largest absolute Gasteiger partial charge is 0.417 e. The molecule has 0 radical (unpaired) electrons. The highest BCUT2D eigenvalue weighted by Crippen LogP contribution is 2.30. The molecule has 182 valence electrons. The fourth-order valence-electron chi connectivity index (χ4n) is 4.02. The van der Waals surface area contributed by atoms with Crippen LogP contribution in [0.5, 0.6) is 0 Å². The minimum Gasteiger partial charge on any atom is -0.395 e. The van der Waals surface area contributed by atoms with Crippen molar-refractivity contribution >= 4 is 15.8 Å². The minimum absolute atomic E-state index is 0.00782. The summed E-state index contributed by atoms with van der Waals surface area (Å²) in [6.45, 7) is 1.05. The Kier molecular flexibility index (Phi) is 6.96. The van der Waals surface area contributed by atoms with Crippen LogP contribution in [0.25, 0.3) is 11.3 Å². The van der Waals surface area contributed by atoms with Crippen LogP contribution in [-0.2, 0) is 22.7 Å². The van der Waals surface area contributed by atoms with E-state index in [1.165, 1.54) is 10.4 Å². The molecule has 3 heterocycles. The highest BCUT2D eigenvalue weighted by atomic mass is 32.2. The van der Waals surface area contributed by atoms with Gasteiger partial charge in [-0.1, -0.05) is 12.1 Å². The van der Waals surface area contributed by atoms with Crippen LogP contribution in [-0.4, -0.2) is 53.1 Å².